The second-order valence-corrected chi connectivity index (χ2v) is 5.27. The fourth-order valence-electron chi connectivity index (χ4n) is 2.39. The lowest BCUT2D eigenvalue weighted by Gasteiger charge is -2.20. The zero-order valence-corrected chi connectivity index (χ0v) is 13.2. The van der Waals surface area contributed by atoms with Crippen molar-refractivity contribution in [3.63, 3.8) is 0 Å². The van der Waals surface area contributed by atoms with Crippen molar-refractivity contribution in [3.05, 3.63) is 71.8 Å². The molecule has 1 unspecified atom stereocenters. The first-order valence-electron chi connectivity index (χ1n) is 7.71. The Morgan fingerprint density at radius 2 is 1.64 bits per heavy atom. The number of hydrogen-bond donors (Lipinski definition) is 1. The smallest absolute Gasteiger partial charge is 0.249 e. The molecule has 0 saturated heterocycles. The Kier molecular flexibility index (Phi) is 6.16. The molecular formula is C19H23NO2. The minimum absolute atomic E-state index is 0.0348. The van der Waals surface area contributed by atoms with Crippen LogP contribution < -0.4 is 5.32 Å². The molecule has 3 heteroatoms. The molecular weight excluding hydrogens is 274 g/mol. The van der Waals surface area contributed by atoms with Gasteiger partial charge in [-0.05, 0) is 25.0 Å². The van der Waals surface area contributed by atoms with Gasteiger partial charge in [0.2, 0.25) is 5.91 Å². The van der Waals surface area contributed by atoms with Crippen LogP contribution in [0.3, 0.4) is 0 Å². The number of amides is 1. The number of hydrogen-bond acceptors (Lipinski definition) is 2. The SMILES string of the molecule is CCOC(Cc1ccccc1)C(=O)N[C@@H](C)c1ccccc1. The number of nitrogens with one attached hydrogen (secondary N) is 1. The zero-order valence-electron chi connectivity index (χ0n) is 13.2. The molecule has 1 N–H and O–H groups in total. The first kappa shape index (κ1) is 16.2. The summed E-state index contributed by atoms with van der Waals surface area (Å²) in [5, 5.41) is 3.04. The fraction of sp³-hybridized carbons (Fsp3) is 0.316. The largest absolute Gasteiger partial charge is 0.368 e. The third-order valence-corrected chi connectivity index (χ3v) is 3.58. The Morgan fingerprint density at radius 1 is 1.05 bits per heavy atom. The molecule has 1 amide bonds. The summed E-state index contributed by atoms with van der Waals surface area (Å²) in [5.74, 6) is -0.0675. The van der Waals surface area contributed by atoms with Crippen molar-refractivity contribution >= 4 is 5.91 Å². The monoisotopic (exact) mass is 297 g/mol. The Hall–Kier alpha value is -2.13. The molecule has 3 nitrogen and oxygen atoms in total. The number of benzene rings is 2. The van der Waals surface area contributed by atoms with Crippen LogP contribution in [0.15, 0.2) is 60.7 Å². The lowest BCUT2D eigenvalue weighted by Crippen LogP contribution is -2.39. The van der Waals surface area contributed by atoms with E-state index in [1.54, 1.807) is 0 Å². The number of rotatable bonds is 7. The van der Waals surface area contributed by atoms with E-state index < -0.39 is 6.10 Å². The quantitative estimate of drug-likeness (QED) is 0.849. The van der Waals surface area contributed by atoms with E-state index in [-0.39, 0.29) is 11.9 Å². The van der Waals surface area contributed by atoms with Gasteiger partial charge in [-0.1, -0.05) is 60.7 Å². The van der Waals surface area contributed by atoms with Gasteiger partial charge in [0.15, 0.2) is 0 Å². The molecule has 0 spiro atoms. The third-order valence-electron chi connectivity index (χ3n) is 3.58. The summed E-state index contributed by atoms with van der Waals surface area (Å²) in [6.45, 7) is 4.41. The zero-order chi connectivity index (χ0) is 15.8. The highest BCUT2D eigenvalue weighted by Gasteiger charge is 2.21. The van der Waals surface area contributed by atoms with Crippen molar-refractivity contribution in [1.29, 1.82) is 0 Å². The summed E-state index contributed by atoms with van der Waals surface area (Å²) < 4.78 is 5.63. The van der Waals surface area contributed by atoms with Crippen LogP contribution >= 0.6 is 0 Å². The van der Waals surface area contributed by atoms with Crippen molar-refractivity contribution in [2.45, 2.75) is 32.4 Å². The maximum atomic E-state index is 12.5. The van der Waals surface area contributed by atoms with Gasteiger partial charge in [-0.2, -0.15) is 0 Å². The third kappa shape index (κ3) is 4.71. The van der Waals surface area contributed by atoms with E-state index in [0.717, 1.165) is 11.1 Å². The van der Waals surface area contributed by atoms with Crippen molar-refractivity contribution in [2.75, 3.05) is 6.61 Å². The Labute approximate surface area is 132 Å². The Morgan fingerprint density at radius 3 is 2.23 bits per heavy atom. The van der Waals surface area contributed by atoms with Gasteiger partial charge in [-0.15, -0.1) is 0 Å². The maximum Gasteiger partial charge on any atom is 0.249 e. The molecule has 2 aromatic rings. The van der Waals surface area contributed by atoms with Gasteiger partial charge in [0.25, 0.3) is 0 Å². The summed E-state index contributed by atoms with van der Waals surface area (Å²) in [5.41, 5.74) is 2.19. The second kappa shape index (κ2) is 8.35. The van der Waals surface area contributed by atoms with Crippen LogP contribution in [-0.4, -0.2) is 18.6 Å². The maximum absolute atomic E-state index is 12.5. The van der Waals surface area contributed by atoms with Crippen molar-refractivity contribution in [3.8, 4) is 0 Å². The molecule has 0 radical (unpaired) electrons. The first-order valence-corrected chi connectivity index (χ1v) is 7.71. The summed E-state index contributed by atoms with van der Waals surface area (Å²) in [6.07, 6.45) is 0.126. The van der Waals surface area contributed by atoms with Crippen LogP contribution in [0.1, 0.15) is 31.0 Å². The van der Waals surface area contributed by atoms with Gasteiger partial charge < -0.3 is 10.1 Å². The van der Waals surface area contributed by atoms with Crippen molar-refractivity contribution in [2.24, 2.45) is 0 Å². The standard InChI is InChI=1S/C19H23NO2/c1-3-22-18(14-16-10-6-4-7-11-16)19(21)20-15(2)17-12-8-5-9-13-17/h4-13,15,18H,3,14H2,1-2H3,(H,20,21)/t15-,18?/m0/s1. The molecule has 0 aromatic heterocycles. The normalized spacial score (nSPS) is 13.4. The van der Waals surface area contributed by atoms with Crippen LogP contribution in [0.25, 0.3) is 0 Å². The molecule has 0 aliphatic rings. The summed E-state index contributed by atoms with van der Waals surface area (Å²) in [7, 11) is 0. The van der Waals surface area contributed by atoms with Gasteiger partial charge in [0.05, 0.1) is 6.04 Å². The van der Waals surface area contributed by atoms with Crippen LogP contribution in [0.4, 0.5) is 0 Å². The van der Waals surface area contributed by atoms with E-state index in [1.165, 1.54) is 0 Å². The van der Waals surface area contributed by atoms with E-state index in [4.69, 9.17) is 4.74 Å². The summed E-state index contributed by atoms with van der Waals surface area (Å²) >= 11 is 0. The minimum atomic E-state index is -0.460. The summed E-state index contributed by atoms with van der Waals surface area (Å²) in [6, 6.07) is 19.9. The van der Waals surface area contributed by atoms with E-state index in [2.05, 4.69) is 5.32 Å². The van der Waals surface area contributed by atoms with Gasteiger partial charge in [0, 0.05) is 13.0 Å². The molecule has 0 bridgehead atoms. The predicted octanol–water partition coefficient (Wildman–Crippen LogP) is 3.51. The van der Waals surface area contributed by atoms with Crippen molar-refractivity contribution in [1.82, 2.24) is 5.32 Å². The van der Waals surface area contributed by atoms with E-state index in [1.807, 2.05) is 74.5 Å². The van der Waals surface area contributed by atoms with Gasteiger partial charge in [-0.25, -0.2) is 0 Å². The number of ether oxygens (including phenoxy) is 1. The van der Waals surface area contributed by atoms with E-state index in [0.29, 0.717) is 13.0 Å². The molecule has 0 aliphatic heterocycles. The second-order valence-electron chi connectivity index (χ2n) is 5.27. The molecule has 2 atom stereocenters. The molecule has 2 aromatic carbocycles. The van der Waals surface area contributed by atoms with Gasteiger partial charge >= 0.3 is 0 Å². The fourth-order valence-corrected chi connectivity index (χ4v) is 2.39. The topological polar surface area (TPSA) is 38.3 Å². The van der Waals surface area contributed by atoms with E-state index >= 15 is 0 Å². The molecule has 0 fully saturated rings. The molecule has 0 aliphatic carbocycles. The Balaban J connectivity index is 2.00. The lowest BCUT2D eigenvalue weighted by atomic mass is 10.1. The van der Waals surface area contributed by atoms with E-state index in [9.17, 15) is 4.79 Å². The first-order chi connectivity index (χ1) is 10.7. The molecule has 116 valence electrons. The average Bonchev–Trinajstić information content (AvgIpc) is 2.56. The summed E-state index contributed by atoms with van der Waals surface area (Å²) in [4.78, 5) is 12.5. The predicted molar refractivity (Wildman–Crippen MR) is 88.6 cm³/mol. The van der Waals surface area contributed by atoms with Crippen molar-refractivity contribution < 1.29 is 9.53 Å². The van der Waals surface area contributed by atoms with Gasteiger partial charge in [0.1, 0.15) is 6.10 Å². The number of carbonyl (C=O) groups is 1. The minimum Gasteiger partial charge on any atom is -0.368 e. The average molecular weight is 297 g/mol. The molecule has 2 rings (SSSR count). The molecule has 0 heterocycles. The van der Waals surface area contributed by atoms with Crippen LogP contribution in [0.2, 0.25) is 0 Å². The van der Waals surface area contributed by atoms with Gasteiger partial charge in [-0.3, -0.25) is 4.79 Å². The molecule has 0 saturated carbocycles. The highest BCUT2D eigenvalue weighted by atomic mass is 16.5. The lowest BCUT2D eigenvalue weighted by molar-refractivity contribution is -0.133. The van der Waals surface area contributed by atoms with Crippen LogP contribution in [0, 0.1) is 0 Å². The Bertz CT molecular complexity index is 569. The van der Waals surface area contributed by atoms with Crippen LogP contribution in [0.5, 0.6) is 0 Å². The highest BCUT2D eigenvalue weighted by Crippen LogP contribution is 2.13. The number of carbonyl (C=O) groups excluding carboxylic acids is 1. The van der Waals surface area contributed by atoms with Crippen LogP contribution in [-0.2, 0) is 16.0 Å². The highest BCUT2D eigenvalue weighted by molar-refractivity contribution is 5.81. The molecule has 22 heavy (non-hydrogen) atoms.